The highest BCUT2D eigenvalue weighted by Crippen LogP contribution is 2.26. The van der Waals surface area contributed by atoms with Crippen molar-refractivity contribution in [1.29, 1.82) is 0 Å². The molecule has 0 radical (unpaired) electrons. The first-order chi connectivity index (χ1) is 10.7. The van der Waals surface area contributed by atoms with Gasteiger partial charge in [0.2, 0.25) is 0 Å². The number of benzene rings is 1. The maximum absolute atomic E-state index is 12.9. The highest BCUT2D eigenvalue weighted by molar-refractivity contribution is 5.74. The predicted octanol–water partition coefficient (Wildman–Crippen LogP) is 2.74. The second-order valence-corrected chi connectivity index (χ2v) is 5.95. The van der Waals surface area contributed by atoms with Gasteiger partial charge in [-0.2, -0.15) is 0 Å². The van der Waals surface area contributed by atoms with E-state index < -0.39 is 0 Å². The van der Waals surface area contributed by atoms with Crippen molar-refractivity contribution in [2.75, 3.05) is 11.9 Å². The van der Waals surface area contributed by atoms with Crippen LogP contribution in [0.25, 0.3) is 16.9 Å². The van der Waals surface area contributed by atoms with Crippen LogP contribution in [0.15, 0.2) is 41.3 Å². The number of anilines is 1. The van der Waals surface area contributed by atoms with E-state index in [1.54, 1.807) is 15.3 Å². The third kappa shape index (κ3) is 1.78. The van der Waals surface area contributed by atoms with Gasteiger partial charge in [0.1, 0.15) is 0 Å². The first-order valence-corrected chi connectivity index (χ1v) is 7.62. The molecule has 2 aromatic heterocycles. The van der Waals surface area contributed by atoms with Crippen molar-refractivity contribution in [3.8, 4) is 5.69 Å². The van der Waals surface area contributed by atoms with Crippen LogP contribution in [0, 0.1) is 0 Å². The van der Waals surface area contributed by atoms with Gasteiger partial charge in [-0.1, -0.05) is 0 Å². The quantitative estimate of drug-likeness (QED) is 0.790. The van der Waals surface area contributed by atoms with Crippen LogP contribution in [0.2, 0.25) is 0 Å². The van der Waals surface area contributed by atoms with E-state index in [4.69, 9.17) is 0 Å². The first-order valence-electron chi connectivity index (χ1n) is 7.62. The molecule has 0 unspecified atom stereocenters. The summed E-state index contributed by atoms with van der Waals surface area (Å²) < 4.78 is 3.52. The summed E-state index contributed by atoms with van der Waals surface area (Å²) in [5, 5.41) is 3.35. The van der Waals surface area contributed by atoms with Gasteiger partial charge in [-0.3, -0.25) is 4.57 Å². The van der Waals surface area contributed by atoms with Crippen LogP contribution in [0.1, 0.15) is 25.5 Å². The molecule has 5 nitrogen and oxygen atoms in total. The van der Waals surface area contributed by atoms with E-state index in [9.17, 15) is 4.79 Å². The van der Waals surface area contributed by atoms with Crippen LogP contribution in [0.4, 0.5) is 5.69 Å². The van der Waals surface area contributed by atoms with Gasteiger partial charge >= 0.3 is 5.69 Å². The summed E-state index contributed by atoms with van der Waals surface area (Å²) in [4.78, 5) is 17.3. The topological polar surface area (TPSA) is 51.9 Å². The van der Waals surface area contributed by atoms with E-state index >= 15 is 0 Å². The second kappa shape index (κ2) is 4.73. The number of nitrogens with zero attached hydrogens (tertiary/aromatic N) is 3. The number of imidazole rings is 1. The summed E-state index contributed by atoms with van der Waals surface area (Å²) in [5.74, 6) is 0. The number of hydrogen-bond donors (Lipinski definition) is 1. The summed E-state index contributed by atoms with van der Waals surface area (Å²) in [5.41, 5.74) is 4.86. The summed E-state index contributed by atoms with van der Waals surface area (Å²) in [6.07, 6.45) is 2.73. The van der Waals surface area contributed by atoms with Gasteiger partial charge in [0.15, 0.2) is 5.65 Å². The van der Waals surface area contributed by atoms with Gasteiger partial charge in [0.05, 0.1) is 11.2 Å². The van der Waals surface area contributed by atoms with Crippen molar-refractivity contribution in [1.82, 2.24) is 14.1 Å². The lowest BCUT2D eigenvalue weighted by Gasteiger charge is -2.07. The van der Waals surface area contributed by atoms with E-state index in [1.807, 2.05) is 38.1 Å². The fourth-order valence-corrected chi connectivity index (χ4v) is 3.21. The molecular formula is C17H18N4O. The number of hydrogen-bond acceptors (Lipinski definition) is 3. The Bertz CT molecular complexity index is 920. The molecule has 0 spiro atoms. The molecule has 112 valence electrons. The van der Waals surface area contributed by atoms with Crippen LogP contribution in [-0.2, 0) is 6.42 Å². The van der Waals surface area contributed by atoms with Gasteiger partial charge < -0.3 is 5.32 Å². The van der Waals surface area contributed by atoms with Gasteiger partial charge in [0.25, 0.3) is 0 Å². The normalized spacial score (nSPS) is 13.6. The third-order valence-electron chi connectivity index (χ3n) is 4.21. The molecule has 0 bridgehead atoms. The monoisotopic (exact) mass is 294 g/mol. The fraction of sp³-hybridized carbons (Fsp3) is 0.294. The maximum atomic E-state index is 12.9. The van der Waals surface area contributed by atoms with Crippen molar-refractivity contribution in [3.05, 3.63) is 52.6 Å². The predicted molar refractivity (Wildman–Crippen MR) is 87.9 cm³/mol. The van der Waals surface area contributed by atoms with Crippen LogP contribution in [0.3, 0.4) is 0 Å². The number of fused-ring (bicyclic) bond motifs is 2. The Morgan fingerprint density at radius 1 is 1.27 bits per heavy atom. The fourth-order valence-electron chi connectivity index (χ4n) is 3.21. The van der Waals surface area contributed by atoms with Crippen molar-refractivity contribution in [3.63, 3.8) is 0 Å². The number of rotatable bonds is 2. The average molecular weight is 294 g/mol. The Labute approximate surface area is 128 Å². The second-order valence-electron chi connectivity index (χ2n) is 5.95. The molecular weight excluding hydrogens is 276 g/mol. The SMILES string of the molecule is CC(C)n1c(=O)n(-c2ccc3c(c2)CCN3)c2ncccc21. The highest BCUT2D eigenvalue weighted by atomic mass is 16.1. The van der Waals surface area contributed by atoms with E-state index in [-0.39, 0.29) is 11.7 Å². The molecule has 0 saturated carbocycles. The molecule has 22 heavy (non-hydrogen) atoms. The molecule has 1 aromatic carbocycles. The Morgan fingerprint density at radius 2 is 2.14 bits per heavy atom. The van der Waals surface area contributed by atoms with E-state index in [0.717, 1.165) is 29.9 Å². The average Bonchev–Trinajstić information content (AvgIpc) is 3.07. The smallest absolute Gasteiger partial charge is 0.335 e. The zero-order valence-corrected chi connectivity index (χ0v) is 12.7. The van der Waals surface area contributed by atoms with Crippen molar-refractivity contribution >= 4 is 16.9 Å². The standard InChI is InChI=1S/C17H18N4O/c1-11(2)20-15-4-3-8-19-16(15)21(17(20)22)13-5-6-14-12(10-13)7-9-18-14/h3-6,8,10-11,18H,7,9H2,1-2H3. The molecule has 1 aliphatic heterocycles. The summed E-state index contributed by atoms with van der Waals surface area (Å²) in [6, 6.07) is 10.0. The third-order valence-corrected chi connectivity index (χ3v) is 4.21. The first kappa shape index (κ1) is 13.1. The van der Waals surface area contributed by atoms with Crippen molar-refractivity contribution in [2.24, 2.45) is 0 Å². The Kier molecular flexibility index (Phi) is 2.82. The van der Waals surface area contributed by atoms with Crippen LogP contribution in [-0.4, -0.2) is 20.7 Å². The van der Waals surface area contributed by atoms with E-state index in [0.29, 0.717) is 5.65 Å². The largest absolute Gasteiger partial charge is 0.384 e. The molecule has 0 atom stereocenters. The molecule has 0 fully saturated rings. The van der Waals surface area contributed by atoms with E-state index in [1.165, 1.54) is 5.56 Å². The Balaban J connectivity index is 2.03. The molecule has 1 aliphatic rings. The van der Waals surface area contributed by atoms with Crippen molar-refractivity contribution in [2.45, 2.75) is 26.3 Å². The summed E-state index contributed by atoms with van der Waals surface area (Å²) in [7, 11) is 0. The molecule has 3 heterocycles. The van der Waals surface area contributed by atoms with Crippen LogP contribution in [0.5, 0.6) is 0 Å². The molecule has 4 rings (SSSR count). The molecule has 0 saturated heterocycles. The van der Waals surface area contributed by atoms with Crippen molar-refractivity contribution < 1.29 is 0 Å². The number of pyridine rings is 1. The zero-order chi connectivity index (χ0) is 15.3. The van der Waals surface area contributed by atoms with Crippen LogP contribution < -0.4 is 11.0 Å². The van der Waals surface area contributed by atoms with Gasteiger partial charge in [-0.25, -0.2) is 14.3 Å². The Hall–Kier alpha value is -2.56. The van der Waals surface area contributed by atoms with Gasteiger partial charge in [-0.15, -0.1) is 0 Å². The van der Waals surface area contributed by atoms with E-state index in [2.05, 4.69) is 16.4 Å². The lowest BCUT2D eigenvalue weighted by molar-refractivity contribution is 0.590. The minimum atomic E-state index is -0.0328. The molecule has 0 aliphatic carbocycles. The maximum Gasteiger partial charge on any atom is 0.335 e. The van der Waals surface area contributed by atoms with Gasteiger partial charge in [-0.05, 0) is 56.2 Å². The number of aromatic nitrogens is 3. The zero-order valence-electron chi connectivity index (χ0n) is 12.7. The molecule has 0 amide bonds. The highest BCUT2D eigenvalue weighted by Gasteiger charge is 2.18. The molecule has 1 N–H and O–H groups in total. The summed E-state index contributed by atoms with van der Waals surface area (Å²) in [6.45, 7) is 5.00. The summed E-state index contributed by atoms with van der Waals surface area (Å²) >= 11 is 0. The molecule has 5 heteroatoms. The minimum Gasteiger partial charge on any atom is -0.384 e. The van der Waals surface area contributed by atoms with Crippen LogP contribution >= 0.6 is 0 Å². The lowest BCUT2D eigenvalue weighted by atomic mass is 10.1. The minimum absolute atomic E-state index is 0.0328. The Morgan fingerprint density at radius 3 is 2.95 bits per heavy atom. The molecule has 3 aromatic rings. The number of nitrogens with one attached hydrogen (secondary N) is 1. The van der Waals surface area contributed by atoms with Gasteiger partial charge in [0, 0.05) is 24.5 Å². The lowest BCUT2D eigenvalue weighted by Crippen LogP contribution is -2.24.